The number of hydrogen-bond acceptors (Lipinski definition) is 8. The molecule has 1 aromatic carbocycles. The van der Waals surface area contributed by atoms with Crippen LogP contribution in [0, 0.1) is 68.0 Å². The molecule has 5 atom stereocenters. The number of nitrogens with one attached hydrogen (secondary N) is 3. The van der Waals surface area contributed by atoms with Crippen LogP contribution in [0.3, 0.4) is 0 Å². The van der Waals surface area contributed by atoms with E-state index in [1.165, 1.54) is 0 Å². The molecule has 3 heterocycles. The van der Waals surface area contributed by atoms with Gasteiger partial charge in [0, 0.05) is 0 Å². The van der Waals surface area contributed by atoms with Crippen LogP contribution in [0.1, 0.15) is 18.5 Å². The molecule has 0 fully saturated rings. The molecule has 0 bridgehead atoms. The van der Waals surface area contributed by atoms with Crippen molar-refractivity contribution in [2.45, 2.75) is 36.6 Å². The Morgan fingerprint density at radius 3 is 1.93 bits per heavy atom. The van der Waals surface area contributed by atoms with Crippen molar-refractivity contribution in [3.63, 3.8) is 0 Å². The molecule has 0 aliphatic carbocycles. The first kappa shape index (κ1) is 18.3. The second-order valence-corrected chi connectivity index (χ2v) is 6.76. The summed E-state index contributed by atoms with van der Waals surface area (Å²) in [5.41, 5.74) is 7.86. The van der Waals surface area contributed by atoms with E-state index in [9.17, 15) is 26.3 Å². The van der Waals surface area contributed by atoms with Gasteiger partial charge in [-0.1, -0.05) is 0 Å². The van der Waals surface area contributed by atoms with E-state index in [1.807, 2.05) is 24.3 Å². The SMILES string of the molecule is N#CCC(C#N)Nc1c(N)c2c(c3c1n1n3C(C#N)C1C#N)=[NH+]C(C#N)C(C#N)[NH+]=2. The maximum Gasteiger partial charge on any atom is 0.312 e. The zero-order chi connectivity index (χ0) is 21.6. The Morgan fingerprint density at radius 2 is 1.43 bits per heavy atom. The Bertz CT molecular complexity index is 1460. The average molecular weight is 396 g/mol. The summed E-state index contributed by atoms with van der Waals surface area (Å²) in [6.07, 6.45) is -0.100. The molecule has 12 heteroatoms. The lowest BCUT2D eigenvalue weighted by Crippen LogP contribution is -3.05. The molecule has 5 unspecified atom stereocenters. The number of aromatic nitrogens is 2. The number of fused-ring (bicyclic) bond motifs is 6. The first-order chi connectivity index (χ1) is 14.6. The van der Waals surface area contributed by atoms with Crippen LogP contribution in [0.25, 0.3) is 11.0 Å². The number of benzene rings is 1. The van der Waals surface area contributed by atoms with Gasteiger partial charge in [0.15, 0.2) is 17.6 Å². The molecule has 2 aromatic rings. The Hall–Kier alpha value is -5.04. The fraction of sp³-hybridized carbons (Fsp3) is 0.333. The molecule has 2 aliphatic heterocycles. The maximum absolute atomic E-state index is 9.47. The molecule has 4 rings (SSSR count). The number of rotatable bonds is 3. The number of nitrogen functional groups attached to an aromatic ring is 1. The molecule has 0 spiro atoms. The van der Waals surface area contributed by atoms with Crippen LogP contribution in [0.5, 0.6) is 0 Å². The molecule has 0 saturated carbocycles. The molecule has 30 heavy (non-hydrogen) atoms. The van der Waals surface area contributed by atoms with Gasteiger partial charge in [-0.25, -0.2) is 9.98 Å². The van der Waals surface area contributed by atoms with Gasteiger partial charge in [-0.15, -0.1) is 0 Å². The van der Waals surface area contributed by atoms with E-state index in [-0.39, 0.29) is 12.1 Å². The summed E-state index contributed by atoms with van der Waals surface area (Å²) in [7, 11) is 0. The number of anilines is 2. The number of nitrogens with two attached hydrogens (primary N) is 1. The Balaban J connectivity index is 2.09. The maximum atomic E-state index is 9.47. The standard InChI is InChI=1S/C18H10N12/c19-2-1-8(3-20)26-15-13(25)14-16(28-10(5-22)9(4-21)27-14)18-17(15)29-11(6-23)12(7-24)30(18)29/h8-12,26H,1,25H2/p+2. The van der Waals surface area contributed by atoms with Crippen molar-refractivity contribution in [2.24, 2.45) is 0 Å². The Labute approximate surface area is 168 Å². The Morgan fingerprint density at radius 1 is 0.867 bits per heavy atom. The highest BCUT2D eigenvalue weighted by atomic mass is 15.5. The van der Waals surface area contributed by atoms with Crippen molar-refractivity contribution in [1.82, 2.24) is 9.36 Å². The molecule has 5 N–H and O–H groups in total. The summed E-state index contributed by atoms with van der Waals surface area (Å²) < 4.78 is 3.19. The molecule has 12 nitrogen and oxygen atoms in total. The summed E-state index contributed by atoms with van der Waals surface area (Å²) in [5.74, 6) is 0. The second kappa shape index (κ2) is 6.54. The lowest BCUT2D eigenvalue weighted by atomic mass is 9.99. The Kier molecular flexibility index (Phi) is 3.99. The highest BCUT2D eigenvalue weighted by molar-refractivity contribution is 5.98. The van der Waals surface area contributed by atoms with Crippen molar-refractivity contribution in [2.75, 3.05) is 11.1 Å². The molecule has 1 aromatic heterocycles. The zero-order valence-corrected chi connectivity index (χ0v) is 15.2. The third kappa shape index (κ3) is 2.14. The molecule has 0 amide bonds. The van der Waals surface area contributed by atoms with E-state index < -0.39 is 30.2 Å². The highest BCUT2D eigenvalue weighted by Crippen LogP contribution is 2.44. The van der Waals surface area contributed by atoms with Gasteiger partial charge < -0.3 is 11.1 Å². The zero-order valence-electron chi connectivity index (χ0n) is 15.2. The van der Waals surface area contributed by atoms with Gasteiger partial charge in [0.2, 0.25) is 0 Å². The van der Waals surface area contributed by atoms with Crippen molar-refractivity contribution >= 4 is 22.4 Å². The molecule has 2 aliphatic rings. The van der Waals surface area contributed by atoms with E-state index in [0.717, 1.165) is 0 Å². The van der Waals surface area contributed by atoms with E-state index in [1.54, 1.807) is 9.36 Å². The van der Waals surface area contributed by atoms with Crippen LogP contribution in [0.2, 0.25) is 0 Å². The summed E-state index contributed by atoms with van der Waals surface area (Å²) >= 11 is 0. The minimum absolute atomic E-state index is 0.100. The normalized spacial score (nSPS) is 23.8. The first-order valence-electron chi connectivity index (χ1n) is 8.78. The lowest BCUT2D eigenvalue weighted by Gasteiger charge is -2.42. The fourth-order valence-corrected chi connectivity index (χ4v) is 3.88. The fourth-order valence-electron chi connectivity index (χ4n) is 3.88. The summed E-state index contributed by atoms with van der Waals surface area (Å²) in [5, 5.41) is 59.8. The van der Waals surface area contributed by atoms with E-state index in [0.29, 0.717) is 27.4 Å². The van der Waals surface area contributed by atoms with Gasteiger partial charge in [-0.05, 0) is 0 Å². The third-order valence-electron chi connectivity index (χ3n) is 5.25. The van der Waals surface area contributed by atoms with Crippen molar-refractivity contribution in [3.05, 3.63) is 10.7 Å². The first-order valence-corrected chi connectivity index (χ1v) is 8.78. The minimum Gasteiger partial charge on any atom is -0.391 e. The predicted octanol–water partition coefficient (Wildman–Crippen LogP) is -4.42. The summed E-state index contributed by atoms with van der Waals surface area (Å²) in [4.78, 5) is 5.95. The van der Waals surface area contributed by atoms with Crippen LogP contribution >= 0.6 is 0 Å². The van der Waals surface area contributed by atoms with Gasteiger partial charge in [0.25, 0.3) is 5.36 Å². The average Bonchev–Trinajstić information content (AvgIpc) is 2.75. The predicted molar refractivity (Wildman–Crippen MR) is 95.1 cm³/mol. The van der Waals surface area contributed by atoms with Crippen LogP contribution in [-0.4, -0.2) is 27.5 Å². The van der Waals surface area contributed by atoms with Crippen molar-refractivity contribution in [1.29, 1.82) is 31.6 Å². The third-order valence-corrected chi connectivity index (χ3v) is 5.25. The van der Waals surface area contributed by atoms with Gasteiger partial charge in [-0.2, -0.15) is 31.6 Å². The molecule has 142 valence electrons. The highest BCUT2D eigenvalue weighted by Gasteiger charge is 2.47. The molecular weight excluding hydrogens is 384 g/mol. The van der Waals surface area contributed by atoms with Crippen LogP contribution < -0.4 is 31.7 Å². The lowest BCUT2D eigenvalue weighted by molar-refractivity contribution is -0.643. The van der Waals surface area contributed by atoms with Gasteiger partial charge in [0.05, 0.1) is 36.4 Å². The molecule has 0 radical (unpaired) electrons. The van der Waals surface area contributed by atoms with Gasteiger partial charge >= 0.3 is 17.4 Å². The van der Waals surface area contributed by atoms with Crippen molar-refractivity contribution in [3.8, 4) is 36.4 Å². The number of nitrogens with zero attached hydrogens (tertiary/aromatic N) is 8. The topological polar surface area (TPSA) is 219 Å². The van der Waals surface area contributed by atoms with Crippen LogP contribution in [0.15, 0.2) is 0 Å². The van der Waals surface area contributed by atoms with Crippen LogP contribution in [0.4, 0.5) is 11.4 Å². The van der Waals surface area contributed by atoms with Crippen LogP contribution in [-0.2, 0) is 0 Å². The summed E-state index contributed by atoms with van der Waals surface area (Å²) in [6.45, 7) is 0. The quantitative estimate of drug-likeness (QED) is 0.292. The monoisotopic (exact) mass is 396 g/mol. The van der Waals surface area contributed by atoms with E-state index >= 15 is 0 Å². The molecular formula is C18H12N12+2. The second-order valence-electron chi connectivity index (χ2n) is 6.76. The van der Waals surface area contributed by atoms with Crippen molar-refractivity contribution < 1.29 is 9.98 Å². The smallest absolute Gasteiger partial charge is 0.312 e. The number of nitriles is 6. The summed E-state index contributed by atoms with van der Waals surface area (Å²) in [6, 6.07) is 8.00. The van der Waals surface area contributed by atoms with Gasteiger partial charge in [0.1, 0.15) is 29.4 Å². The van der Waals surface area contributed by atoms with Gasteiger partial charge in [-0.3, -0.25) is 9.36 Å². The molecule has 0 saturated heterocycles. The van der Waals surface area contributed by atoms with E-state index in [4.69, 9.17) is 11.0 Å². The largest absolute Gasteiger partial charge is 0.391 e. The minimum atomic E-state index is -0.882. The van der Waals surface area contributed by atoms with E-state index in [2.05, 4.69) is 27.4 Å². The number of hydrogen-bond donors (Lipinski definition) is 4.